The Hall–Kier alpha value is -1.81. The molecule has 3 rings (SSSR count). The molecule has 7 atom stereocenters. The molecule has 1 aliphatic rings. The molecule has 0 bridgehead atoms. The average Bonchev–Trinajstić information content (AvgIpc) is 3.11. The van der Waals surface area contributed by atoms with Crippen molar-refractivity contribution in [2.75, 3.05) is 12.0 Å². The first-order valence-corrected chi connectivity index (χ1v) is 15.5. The van der Waals surface area contributed by atoms with E-state index in [1.807, 2.05) is 37.3 Å². The number of amides is 1. The van der Waals surface area contributed by atoms with Crippen LogP contribution in [0.1, 0.15) is 46.5 Å². The largest absolute Gasteiger partial charge is 0.391 e. The lowest BCUT2D eigenvalue weighted by molar-refractivity contribution is -0.124. The minimum atomic E-state index is -3.73. The molecule has 1 saturated carbocycles. The maximum absolute atomic E-state index is 13.1. The van der Waals surface area contributed by atoms with E-state index in [1.165, 1.54) is 0 Å². The zero-order chi connectivity index (χ0) is 25.8. The predicted molar refractivity (Wildman–Crippen MR) is 141 cm³/mol. The molecule has 4 unspecified atom stereocenters. The van der Waals surface area contributed by atoms with Crippen LogP contribution in [0.3, 0.4) is 0 Å². The van der Waals surface area contributed by atoms with Crippen molar-refractivity contribution in [3.63, 3.8) is 0 Å². The van der Waals surface area contributed by atoms with Gasteiger partial charge in [0.15, 0.2) is 0 Å². The second kappa shape index (κ2) is 12.0. The standard InChI is InChI=1S/C26H38N2O5S2/c1-5-23(25(29)15-21-13-17(2)12-18(21)3)27-26(30)24(28-35(4,32)33)16-34(31)22-11-10-19-8-6-7-9-20(19)14-22/h6-11,14,17-18,21,23-25,28-29H,5,12-13,15-16H2,1-4H3,(H,27,30)/t17?,18?,21?,23-,24+,25+,34?/m0/s1. The van der Waals surface area contributed by atoms with Gasteiger partial charge in [-0.05, 0) is 66.3 Å². The van der Waals surface area contributed by atoms with Gasteiger partial charge >= 0.3 is 0 Å². The predicted octanol–water partition coefficient (Wildman–Crippen LogP) is 3.19. The Bertz CT molecular complexity index is 1150. The molecule has 2 aromatic rings. The van der Waals surface area contributed by atoms with Crippen LogP contribution in [-0.4, -0.2) is 53.8 Å². The zero-order valence-electron chi connectivity index (χ0n) is 20.9. The van der Waals surface area contributed by atoms with Crippen molar-refractivity contribution in [3.05, 3.63) is 42.5 Å². The molecule has 0 radical (unpaired) electrons. The smallest absolute Gasteiger partial charge is 0.239 e. The second-order valence-electron chi connectivity index (χ2n) is 10.1. The molecule has 2 aromatic carbocycles. The summed E-state index contributed by atoms with van der Waals surface area (Å²) in [5.74, 6) is 0.766. The van der Waals surface area contributed by atoms with E-state index >= 15 is 0 Å². The summed E-state index contributed by atoms with van der Waals surface area (Å²) in [6.45, 7) is 6.30. The van der Waals surface area contributed by atoms with Crippen LogP contribution >= 0.6 is 0 Å². The van der Waals surface area contributed by atoms with Gasteiger partial charge < -0.3 is 10.4 Å². The maximum Gasteiger partial charge on any atom is 0.239 e. The fourth-order valence-corrected chi connectivity index (χ4v) is 7.23. The summed E-state index contributed by atoms with van der Waals surface area (Å²) in [5.41, 5.74) is 0. The molecule has 1 amide bonds. The van der Waals surface area contributed by atoms with Gasteiger partial charge in [-0.3, -0.25) is 9.00 Å². The number of fused-ring (bicyclic) bond motifs is 1. The molecule has 35 heavy (non-hydrogen) atoms. The number of hydrogen-bond donors (Lipinski definition) is 3. The summed E-state index contributed by atoms with van der Waals surface area (Å²) < 4.78 is 39.4. The lowest BCUT2D eigenvalue weighted by Crippen LogP contribution is -2.54. The van der Waals surface area contributed by atoms with Crippen LogP contribution < -0.4 is 10.0 Å². The first-order chi connectivity index (χ1) is 16.5. The highest BCUT2D eigenvalue weighted by atomic mass is 32.2. The number of rotatable bonds is 11. The van der Waals surface area contributed by atoms with E-state index in [-0.39, 0.29) is 5.75 Å². The van der Waals surface area contributed by atoms with Crippen molar-refractivity contribution in [3.8, 4) is 0 Å². The minimum Gasteiger partial charge on any atom is -0.391 e. The average molecular weight is 523 g/mol. The van der Waals surface area contributed by atoms with Crippen molar-refractivity contribution >= 4 is 37.5 Å². The summed E-state index contributed by atoms with van der Waals surface area (Å²) in [4.78, 5) is 13.7. The Morgan fingerprint density at radius 1 is 1.14 bits per heavy atom. The Morgan fingerprint density at radius 3 is 2.43 bits per heavy atom. The Kier molecular flexibility index (Phi) is 9.48. The first-order valence-electron chi connectivity index (χ1n) is 12.3. The molecule has 1 fully saturated rings. The molecule has 3 N–H and O–H groups in total. The van der Waals surface area contributed by atoms with E-state index in [1.54, 1.807) is 12.1 Å². The van der Waals surface area contributed by atoms with Crippen LogP contribution in [-0.2, 0) is 25.6 Å². The summed E-state index contributed by atoms with van der Waals surface area (Å²) in [6, 6.07) is 11.3. The topological polar surface area (TPSA) is 113 Å². The van der Waals surface area contributed by atoms with Crippen molar-refractivity contribution in [2.45, 2.75) is 69.5 Å². The highest BCUT2D eigenvalue weighted by molar-refractivity contribution is 7.89. The number of sulfonamides is 1. The van der Waals surface area contributed by atoms with E-state index in [4.69, 9.17) is 0 Å². The summed E-state index contributed by atoms with van der Waals surface area (Å²) in [6.07, 6.45) is 3.54. The highest BCUT2D eigenvalue weighted by Gasteiger charge is 2.34. The number of aliphatic hydroxyl groups excluding tert-OH is 1. The van der Waals surface area contributed by atoms with Crippen LogP contribution in [0.15, 0.2) is 47.4 Å². The van der Waals surface area contributed by atoms with Gasteiger partial charge in [0.25, 0.3) is 0 Å². The highest BCUT2D eigenvalue weighted by Crippen LogP contribution is 2.38. The fourth-order valence-electron chi connectivity index (χ4n) is 5.21. The number of aliphatic hydroxyl groups is 1. The van der Waals surface area contributed by atoms with Crippen molar-refractivity contribution in [2.24, 2.45) is 17.8 Å². The Labute approximate surface area is 211 Å². The molecule has 0 aromatic heterocycles. The number of nitrogens with one attached hydrogen (secondary N) is 2. The van der Waals surface area contributed by atoms with Crippen LogP contribution in [0.25, 0.3) is 10.8 Å². The SMILES string of the molecule is CC[C@H](NC(=O)[C@@H](CS(=O)c1ccc2ccccc2c1)NS(C)(=O)=O)[C@H](O)CC1CC(C)CC1C. The number of benzene rings is 2. The third kappa shape index (κ3) is 7.84. The molecule has 0 aliphatic heterocycles. The molecule has 1 aliphatic carbocycles. The van der Waals surface area contributed by atoms with E-state index in [2.05, 4.69) is 23.9 Å². The van der Waals surface area contributed by atoms with Gasteiger partial charge in [-0.25, -0.2) is 13.1 Å². The van der Waals surface area contributed by atoms with Crippen LogP contribution in [0.4, 0.5) is 0 Å². The molecular weight excluding hydrogens is 484 g/mol. The van der Waals surface area contributed by atoms with Gasteiger partial charge in [0.1, 0.15) is 6.04 Å². The van der Waals surface area contributed by atoms with Gasteiger partial charge in [0.05, 0.1) is 35.0 Å². The van der Waals surface area contributed by atoms with Crippen LogP contribution in [0.2, 0.25) is 0 Å². The third-order valence-electron chi connectivity index (χ3n) is 7.03. The number of carbonyl (C=O) groups is 1. The van der Waals surface area contributed by atoms with Crippen molar-refractivity contribution in [1.29, 1.82) is 0 Å². The third-order valence-corrected chi connectivity index (χ3v) is 9.16. The second-order valence-corrected chi connectivity index (χ2v) is 13.4. The molecule has 9 heteroatoms. The van der Waals surface area contributed by atoms with Gasteiger partial charge in [0.2, 0.25) is 15.9 Å². The van der Waals surface area contributed by atoms with Gasteiger partial charge in [0, 0.05) is 4.90 Å². The minimum absolute atomic E-state index is 0.207. The van der Waals surface area contributed by atoms with Gasteiger partial charge in [-0.15, -0.1) is 0 Å². The Balaban J connectivity index is 1.71. The molecular formula is C26H38N2O5S2. The van der Waals surface area contributed by atoms with E-state index in [9.17, 15) is 22.5 Å². The molecule has 0 saturated heterocycles. The van der Waals surface area contributed by atoms with Crippen molar-refractivity contribution < 1.29 is 22.5 Å². The van der Waals surface area contributed by atoms with Gasteiger partial charge in [-0.2, -0.15) is 0 Å². The van der Waals surface area contributed by atoms with Crippen molar-refractivity contribution in [1.82, 2.24) is 10.0 Å². The molecule has 7 nitrogen and oxygen atoms in total. The van der Waals surface area contributed by atoms with Crippen LogP contribution in [0, 0.1) is 17.8 Å². The van der Waals surface area contributed by atoms with E-state index in [0.29, 0.717) is 35.5 Å². The first kappa shape index (κ1) is 27.8. The number of hydrogen-bond acceptors (Lipinski definition) is 5. The molecule has 0 heterocycles. The lowest BCUT2D eigenvalue weighted by Gasteiger charge is -2.28. The summed E-state index contributed by atoms with van der Waals surface area (Å²) >= 11 is 0. The number of carbonyl (C=O) groups excluding carboxylic acids is 1. The fraction of sp³-hybridized carbons (Fsp3) is 0.577. The lowest BCUT2D eigenvalue weighted by atomic mass is 9.89. The summed E-state index contributed by atoms with van der Waals surface area (Å²) in [7, 11) is -5.35. The Morgan fingerprint density at radius 2 is 1.83 bits per heavy atom. The van der Waals surface area contributed by atoms with E-state index in [0.717, 1.165) is 29.9 Å². The van der Waals surface area contributed by atoms with E-state index < -0.39 is 44.9 Å². The maximum atomic E-state index is 13.1. The molecule has 0 spiro atoms. The zero-order valence-corrected chi connectivity index (χ0v) is 22.6. The van der Waals surface area contributed by atoms with Gasteiger partial charge in [-0.1, -0.05) is 51.1 Å². The van der Waals surface area contributed by atoms with Crippen LogP contribution in [0.5, 0.6) is 0 Å². The summed E-state index contributed by atoms with van der Waals surface area (Å²) in [5, 5.41) is 15.6. The quantitative estimate of drug-likeness (QED) is 0.420. The normalized spacial score (nSPS) is 24.1. The molecule has 194 valence electrons. The monoisotopic (exact) mass is 522 g/mol.